The first-order valence-corrected chi connectivity index (χ1v) is 25.7. The van der Waals surface area contributed by atoms with E-state index in [4.69, 9.17) is 40.9 Å². The number of phenols is 4. The van der Waals surface area contributed by atoms with Crippen molar-refractivity contribution in [3.8, 4) is 23.0 Å². The highest BCUT2D eigenvalue weighted by Crippen LogP contribution is 2.38. The van der Waals surface area contributed by atoms with Gasteiger partial charge in [0.15, 0.2) is 0 Å². The van der Waals surface area contributed by atoms with Crippen molar-refractivity contribution in [2.45, 2.75) is 184 Å². The molecule has 432 valence electrons. The highest BCUT2D eigenvalue weighted by molar-refractivity contribution is 5.68. The lowest BCUT2D eigenvalue weighted by Gasteiger charge is -2.23. The quantitative estimate of drug-likeness (QED) is 0.0496. The van der Waals surface area contributed by atoms with Crippen molar-refractivity contribution in [1.29, 1.82) is 0 Å². The third-order valence-corrected chi connectivity index (χ3v) is 12.5. The van der Waals surface area contributed by atoms with Crippen LogP contribution in [0.4, 0.5) is 0 Å². The number of aliphatic hydroxyl groups excluding tert-OH is 4. The third-order valence-electron chi connectivity index (χ3n) is 12.5. The van der Waals surface area contributed by atoms with Gasteiger partial charge in [-0.1, -0.05) is 132 Å². The van der Waals surface area contributed by atoms with Gasteiger partial charge in [0.1, 0.15) is 23.0 Å². The second-order valence-corrected chi connectivity index (χ2v) is 23.9. The standard InChI is InChI=1S/4C14H20O3.C5H12O4/c4*1-9-7-10(5-6-12(15)16)8-11(13(9)17)14(2,3)4;6-1-5(2-7,3-8)4-9/h4*7-8,17H,5-6H2,1-4H3,(H,15,16);6-9H,1-4H2. The number of carboxylic acid groups (broad SMARTS) is 4. The lowest BCUT2D eigenvalue weighted by atomic mass is 9.83. The van der Waals surface area contributed by atoms with E-state index in [2.05, 4.69) is 0 Å². The van der Waals surface area contributed by atoms with E-state index in [1.54, 1.807) is 0 Å². The van der Waals surface area contributed by atoms with E-state index in [-0.39, 0.29) is 47.3 Å². The molecule has 0 saturated heterocycles. The summed E-state index contributed by atoms with van der Waals surface area (Å²) in [5.74, 6) is -1.93. The number of aliphatic hydroxyl groups is 4. The molecular formula is C61H92O16. The Balaban J connectivity index is 0.000000951. The van der Waals surface area contributed by atoms with Gasteiger partial charge in [-0.05, 0) is 142 Å². The summed E-state index contributed by atoms with van der Waals surface area (Å²) in [4.78, 5) is 42.2. The number of aryl methyl sites for hydroxylation is 8. The van der Waals surface area contributed by atoms with Crippen LogP contribution in [-0.4, -0.2) is 112 Å². The van der Waals surface area contributed by atoms with E-state index in [1.807, 2.05) is 159 Å². The normalized spacial score (nSPS) is 11.6. The number of phenolic OH excluding ortho intramolecular Hbond substituents is 4. The van der Waals surface area contributed by atoms with Crippen molar-refractivity contribution in [1.82, 2.24) is 0 Å². The maximum Gasteiger partial charge on any atom is 0.303 e. The summed E-state index contributed by atoms with van der Waals surface area (Å²) >= 11 is 0. The smallest absolute Gasteiger partial charge is 0.303 e. The SMILES string of the molecule is Cc1cc(CCC(=O)O)cc(C(C)(C)C)c1O.Cc1cc(CCC(=O)O)cc(C(C)(C)C)c1O.Cc1cc(CCC(=O)O)cc(C(C)(C)C)c1O.Cc1cc(CCC(=O)O)cc(C(C)(C)C)c1O.OCC(CO)(CO)CO. The molecular weight excluding hydrogens is 989 g/mol. The average molecular weight is 1080 g/mol. The molecule has 0 atom stereocenters. The minimum atomic E-state index is -1.11. The van der Waals surface area contributed by atoms with Crippen LogP contribution in [0.5, 0.6) is 23.0 Å². The maximum atomic E-state index is 10.6. The van der Waals surface area contributed by atoms with Crippen LogP contribution in [-0.2, 0) is 66.5 Å². The number of carboxylic acids is 4. The third kappa shape index (κ3) is 24.8. The van der Waals surface area contributed by atoms with E-state index >= 15 is 0 Å². The zero-order chi connectivity index (χ0) is 60.2. The largest absolute Gasteiger partial charge is 0.507 e. The Hall–Kier alpha value is -6.20. The van der Waals surface area contributed by atoms with Gasteiger partial charge in [0.05, 0.1) is 31.8 Å². The van der Waals surface area contributed by atoms with Crippen molar-refractivity contribution in [2.24, 2.45) is 5.41 Å². The van der Waals surface area contributed by atoms with Gasteiger partial charge >= 0.3 is 23.9 Å². The number of carbonyl (C=O) groups is 4. The molecule has 0 unspecified atom stereocenters. The monoisotopic (exact) mass is 1080 g/mol. The van der Waals surface area contributed by atoms with Crippen molar-refractivity contribution in [3.05, 3.63) is 115 Å². The molecule has 16 heteroatoms. The molecule has 4 aromatic rings. The van der Waals surface area contributed by atoms with Crippen molar-refractivity contribution in [3.63, 3.8) is 0 Å². The van der Waals surface area contributed by atoms with Crippen LogP contribution in [0.1, 0.15) is 176 Å². The predicted molar refractivity (Wildman–Crippen MR) is 301 cm³/mol. The van der Waals surface area contributed by atoms with Crippen LogP contribution >= 0.6 is 0 Å². The Labute approximate surface area is 456 Å². The number of hydrogen-bond acceptors (Lipinski definition) is 12. The summed E-state index contributed by atoms with van der Waals surface area (Å²) in [7, 11) is 0. The first-order chi connectivity index (χ1) is 35.1. The number of rotatable bonds is 16. The number of aromatic hydroxyl groups is 4. The molecule has 4 aromatic carbocycles. The Morgan fingerprint density at radius 3 is 0.584 bits per heavy atom. The summed E-state index contributed by atoms with van der Waals surface area (Å²) in [6, 6.07) is 15.1. The fourth-order valence-corrected chi connectivity index (χ4v) is 7.59. The van der Waals surface area contributed by atoms with Crippen LogP contribution in [0.25, 0.3) is 0 Å². The van der Waals surface area contributed by atoms with E-state index in [0.29, 0.717) is 48.7 Å². The second kappa shape index (κ2) is 30.7. The predicted octanol–water partition coefficient (Wildman–Crippen LogP) is 10.0. The molecule has 77 heavy (non-hydrogen) atoms. The van der Waals surface area contributed by atoms with E-state index < -0.39 is 55.7 Å². The van der Waals surface area contributed by atoms with Crippen molar-refractivity contribution >= 4 is 23.9 Å². The molecule has 4 rings (SSSR count). The molecule has 0 aliphatic rings. The molecule has 0 bridgehead atoms. The van der Waals surface area contributed by atoms with Crippen molar-refractivity contribution in [2.75, 3.05) is 26.4 Å². The molecule has 16 nitrogen and oxygen atoms in total. The summed E-state index contributed by atoms with van der Waals surface area (Å²) in [5, 5.41) is 109. The number of aliphatic carboxylic acids is 4. The number of hydrogen-bond donors (Lipinski definition) is 12. The summed E-state index contributed by atoms with van der Waals surface area (Å²) in [6.07, 6.45) is 2.47. The first-order valence-electron chi connectivity index (χ1n) is 25.7. The van der Waals surface area contributed by atoms with Gasteiger partial charge in [-0.15, -0.1) is 0 Å². The molecule has 0 aliphatic heterocycles. The fourth-order valence-electron chi connectivity index (χ4n) is 7.59. The van der Waals surface area contributed by atoms with Gasteiger partial charge in [-0.2, -0.15) is 0 Å². The van der Waals surface area contributed by atoms with E-state index in [9.17, 15) is 39.6 Å². The lowest BCUT2D eigenvalue weighted by Crippen LogP contribution is -2.37. The molecule has 12 N–H and O–H groups in total. The zero-order valence-electron chi connectivity index (χ0n) is 48.6. The van der Waals surface area contributed by atoms with Gasteiger partial charge in [0, 0.05) is 25.7 Å². The van der Waals surface area contributed by atoms with Gasteiger partial charge in [-0.25, -0.2) is 0 Å². The van der Waals surface area contributed by atoms with Crippen LogP contribution in [0.2, 0.25) is 0 Å². The van der Waals surface area contributed by atoms with Gasteiger partial charge in [0.25, 0.3) is 0 Å². The molecule has 0 aromatic heterocycles. The Bertz CT molecular complexity index is 2210. The summed E-state index contributed by atoms with van der Waals surface area (Å²) < 4.78 is 0. The fraction of sp³-hybridized carbons (Fsp3) is 0.541. The van der Waals surface area contributed by atoms with E-state index in [1.165, 1.54) is 0 Å². The maximum absolute atomic E-state index is 10.6. The average Bonchev–Trinajstić information content (AvgIpc) is 3.30. The Morgan fingerprint density at radius 1 is 0.325 bits per heavy atom. The molecule has 0 amide bonds. The summed E-state index contributed by atoms with van der Waals surface area (Å²) in [5.41, 5.74) is 8.88. The van der Waals surface area contributed by atoms with Crippen molar-refractivity contribution < 1.29 is 80.5 Å². The minimum absolute atomic E-state index is 0.119. The van der Waals surface area contributed by atoms with Gasteiger partial charge in [-0.3, -0.25) is 19.2 Å². The first kappa shape index (κ1) is 70.8. The Kier molecular flexibility index (Phi) is 28.2. The number of benzene rings is 4. The highest BCUT2D eigenvalue weighted by atomic mass is 16.4. The highest BCUT2D eigenvalue weighted by Gasteiger charge is 2.27. The van der Waals surface area contributed by atoms with Crippen LogP contribution in [0.3, 0.4) is 0 Å². The molecule has 0 saturated carbocycles. The lowest BCUT2D eigenvalue weighted by molar-refractivity contribution is -0.138. The van der Waals surface area contributed by atoms with Gasteiger partial charge in [0.2, 0.25) is 0 Å². The minimum Gasteiger partial charge on any atom is -0.507 e. The Morgan fingerprint density at radius 2 is 0.481 bits per heavy atom. The molecule has 0 heterocycles. The van der Waals surface area contributed by atoms with E-state index in [0.717, 1.165) is 66.8 Å². The topological polar surface area (TPSA) is 311 Å². The van der Waals surface area contributed by atoms with Crippen LogP contribution in [0.15, 0.2) is 48.5 Å². The zero-order valence-corrected chi connectivity index (χ0v) is 48.6. The molecule has 0 fully saturated rings. The molecule has 0 spiro atoms. The molecule has 0 aliphatic carbocycles. The molecule has 0 radical (unpaired) electrons. The van der Waals surface area contributed by atoms with Crippen LogP contribution < -0.4 is 0 Å². The summed E-state index contributed by atoms with van der Waals surface area (Å²) in [6.45, 7) is 30.1. The second-order valence-electron chi connectivity index (χ2n) is 23.9. The van der Waals surface area contributed by atoms with Crippen LogP contribution in [0, 0.1) is 33.1 Å². The van der Waals surface area contributed by atoms with Gasteiger partial charge < -0.3 is 61.3 Å².